The van der Waals surface area contributed by atoms with Crippen LogP contribution < -0.4 is 15.2 Å². The molecule has 0 aliphatic carbocycles. The molecule has 3 aromatic carbocycles. The van der Waals surface area contributed by atoms with E-state index >= 15 is 4.39 Å². The number of sulfone groups is 1. The van der Waals surface area contributed by atoms with Crippen LogP contribution in [0.15, 0.2) is 83.9 Å². The molecule has 3 heterocycles. The van der Waals surface area contributed by atoms with Gasteiger partial charge in [-0.15, -0.1) is 0 Å². The van der Waals surface area contributed by atoms with Gasteiger partial charge in [-0.25, -0.2) is 17.2 Å². The van der Waals surface area contributed by atoms with Crippen molar-refractivity contribution in [3.05, 3.63) is 112 Å². The lowest BCUT2D eigenvalue weighted by Crippen LogP contribution is -2.25. The molecule has 0 unspecified atom stereocenters. The summed E-state index contributed by atoms with van der Waals surface area (Å²) in [6, 6.07) is 17.7. The van der Waals surface area contributed by atoms with E-state index in [1.807, 2.05) is 35.2 Å². The number of nitrogens with one attached hydrogen (secondary N) is 1. The van der Waals surface area contributed by atoms with E-state index in [2.05, 4.69) is 4.98 Å². The fourth-order valence-corrected chi connectivity index (χ4v) is 6.59. The van der Waals surface area contributed by atoms with Gasteiger partial charge in [0.1, 0.15) is 22.9 Å². The maximum atomic E-state index is 15.6. The molecule has 0 bridgehead atoms. The van der Waals surface area contributed by atoms with Crippen LogP contribution in [0.3, 0.4) is 0 Å². The Kier molecular flexibility index (Phi) is 7.10. The molecule has 42 heavy (non-hydrogen) atoms. The van der Waals surface area contributed by atoms with Crippen LogP contribution in [0.4, 0.5) is 20.2 Å². The molecule has 7 nitrogen and oxygen atoms in total. The molecule has 2 aromatic heterocycles. The molecular formula is C32H29F2N3O4S. The average Bonchev–Trinajstić information content (AvgIpc) is 3.34. The van der Waals surface area contributed by atoms with Crippen molar-refractivity contribution in [1.29, 1.82) is 0 Å². The Morgan fingerprint density at radius 1 is 0.976 bits per heavy atom. The van der Waals surface area contributed by atoms with Crippen molar-refractivity contribution >= 4 is 32.1 Å². The Labute approximate surface area is 241 Å². The van der Waals surface area contributed by atoms with Crippen molar-refractivity contribution < 1.29 is 21.9 Å². The molecule has 216 valence electrons. The second-order valence-corrected chi connectivity index (χ2v) is 12.8. The summed E-state index contributed by atoms with van der Waals surface area (Å²) in [5, 5.41) is 0.690. The summed E-state index contributed by atoms with van der Waals surface area (Å²) in [5.74, 6) is -0.876. The van der Waals surface area contributed by atoms with E-state index < -0.39 is 27.5 Å². The number of rotatable bonds is 8. The van der Waals surface area contributed by atoms with Crippen LogP contribution >= 0.6 is 0 Å². The molecule has 1 N–H and O–H groups in total. The SMILES string of the molecule is Cn1cc2c3c(c[nH]c3c1=O)[C@@H](CCCOc1ccccc1)N(c1ccc(F)cc1F)c1ccc(CS(C)(=O)=O)cc1-2. The van der Waals surface area contributed by atoms with Crippen LogP contribution in [0, 0.1) is 11.6 Å². The van der Waals surface area contributed by atoms with E-state index in [-0.39, 0.29) is 17.0 Å². The third-order valence-corrected chi connectivity index (χ3v) is 8.41. The molecule has 1 aliphatic rings. The summed E-state index contributed by atoms with van der Waals surface area (Å²) in [4.78, 5) is 18.2. The van der Waals surface area contributed by atoms with Crippen molar-refractivity contribution in [1.82, 2.24) is 9.55 Å². The molecule has 0 saturated heterocycles. The predicted molar refractivity (Wildman–Crippen MR) is 160 cm³/mol. The summed E-state index contributed by atoms with van der Waals surface area (Å²) in [7, 11) is -1.69. The predicted octanol–water partition coefficient (Wildman–Crippen LogP) is 6.41. The highest BCUT2D eigenvalue weighted by Gasteiger charge is 2.34. The lowest BCUT2D eigenvalue weighted by molar-refractivity contribution is 0.301. The molecule has 1 atom stereocenters. The maximum absolute atomic E-state index is 15.6. The van der Waals surface area contributed by atoms with Crippen LogP contribution in [0.2, 0.25) is 0 Å². The van der Waals surface area contributed by atoms with E-state index in [0.717, 1.165) is 17.4 Å². The van der Waals surface area contributed by atoms with E-state index in [4.69, 9.17) is 4.74 Å². The highest BCUT2D eigenvalue weighted by atomic mass is 32.2. The second-order valence-electron chi connectivity index (χ2n) is 10.7. The number of halogens is 2. The van der Waals surface area contributed by atoms with Crippen LogP contribution in [0.5, 0.6) is 5.75 Å². The lowest BCUT2D eigenvalue weighted by atomic mass is 9.97. The molecule has 5 aromatic rings. The summed E-state index contributed by atoms with van der Waals surface area (Å²) in [6.45, 7) is 0.400. The number of H-pyrrole nitrogens is 1. The topological polar surface area (TPSA) is 84.4 Å². The number of aromatic nitrogens is 2. The normalized spacial score (nSPS) is 14.6. The van der Waals surface area contributed by atoms with E-state index in [1.54, 1.807) is 37.6 Å². The van der Waals surface area contributed by atoms with Crippen LogP contribution in [0.1, 0.15) is 30.0 Å². The quantitative estimate of drug-likeness (QED) is 0.212. The van der Waals surface area contributed by atoms with Gasteiger partial charge in [0.2, 0.25) is 0 Å². The Bertz CT molecular complexity index is 1970. The Balaban J connectivity index is 1.55. The third-order valence-electron chi connectivity index (χ3n) is 7.55. The zero-order valence-electron chi connectivity index (χ0n) is 23.1. The number of fused-ring (bicyclic) bond motifs is 2. The van der Waals surface area contributed by atoms with Gasteiger partial charge < -0.3 is 19.2 Å². The van der Waals surface area contributed by atoms with Gasteiger partial charge in [-0.2, -0.15) is 0 Å². The fraction of sp³-hybridized carbons (Fsp3) is 0.219. The number of hydrogen-bond donors (Lipinski definition) is 1. The Morgan fingerprint density at radius 2 is 1.74 bits per heavy atom. The summed E-state index contributed by atoms with van der Waals surface area (Å²) < 4.78 is 61.4. The van der Waals surface area contributed by atoms with Gasteiger partial charge in [0.15, 0.2) is 9.84 Å². The molecule has 0 amide bonds. The van der Waals surface area contributed by atoms with Gasteiger partial charge in [0.25, 0.3) is 5.56 Å². The number of aryl methyl sites for hydroxylation is 1. The number of nitrogens with zero attached hydrogens (tertiary/aromatic N) is 2. The maximum Gasteiger partial charge on any atom is 0.274 e. The molecule has 10 heteroatoms. The van der Waals surface area contributed by atoms with Gasteiger partial charge >= 0.3 is 0 Å². The van der Waals surface area contributed by atoms with E-state index in [9.17, 15) is 17.6 Å². The summed E-state index contributed by atoms with van der Waals surface area (Å²) >= 11 is 0. The molecule has 0 saturated carbocycles. The fourth-order valence-electron chi connectivity index (χ4n) is 5.81. The number of para-hydroxylation sites is 1. The molecule has 1 aliphatic heterocycles. The smallest absolute Gasteiger partial charge is 0.274 e. The summed E-state index contributed by atoms with van der Waals surface area (Å²) in [5.41, 5.74) is 3.65. The zero-order chi connectivity index (χ0) is 29.6. The monoisotopic (exact) mass is 589 g/mol. The zero-order valence-corrected chi connectivity index (χ0v) is 23.9. The Hall–Kier alpha value is -4.44. The molecule has 0 spiro atoms. The van der Waals surface area contributed by atoms with Crippen molar-refractivity contribution in [2.45, 2.75) is 24.6 Å². The van der Waals surface area contributed by atoms with Gasteiger partial charge in [0, 0.05) is 59.5 Å². The first kappa shape index (κ1) is 27.7. The minimum absolute atomic E-state index is 0.163. The minimum atomic E-state index is -3.35. The number of pyridine rings is 1. The second kappa shape index (κ2) is 10.8. The number of benzene rings is 3. The highest BCUT2D eigenvalue weighted by Crippen LogP contribution is 2.50. The van der Waals surface area contributed by atoms with Gasteiger partial charge in [0.05, 0.1) is 24.1 Å². The van der Waals surface area contributed by atoms with Crippen LogP contribution in [0.25, 0.3) is 22.0 Å². The summed E-state index contributed by atoms with van der Waals surface area (Å²) in [6.07, 6.45) is 5.77. The molecule has 0 radical (unpaired) electrons. The van der Waals surface area contributed by atoms with E-state index in [0.29, 0.717) is 52.7 Å². The van der Waals surface area contributed by atoms with Gasteiger partial charge in [-0.3, -0.25) is 4.79 Å². The first-order valence-corrected chi connectivity index (χ1v) is 15.6. The molecular weight excluding hydrogens is 560 g/mol. The number of hydrogen-bond acceptors (Lipinski definition) is 5. The van der Waals surface area contributed by atoms with Gasteiger partial charge in [-0.1, -0.05) is 24.3 Å². The van der Waals surface area contributed by atoms with E-state index in [1.165, 1.54) is 23.0 Å². The first-order chi connectivity index (χ1) is 20.1. The number of aromatic amines is 1. The minimum Gasteiger partial charge on any atom is -0.494 e. The number of ether oxygens (including phenoxy) is 1. The number of anilines is 2. The lowest BCUT2D eigenvalue weighted by Gasteiger charge is -2.34. The van der Waals surface area contributed by atoms with Crippen LogP contribution in [-0.2, 0) is 22.6 Å². The van der Waals surface area contributed by atoms with Crippen molar-refractivity contribution in [2.75, 3.05) is 17.8 Å². The Morgan fingerprint density at radius 3 is 2.48 bits per heavy atom. The standard InChI is InChI=1S/C32H29F2N3O4S/c1-36-18-25-23-15-20(19-42(2,39)40)10-12-28(23)37(29-13-11-21(33)16-26(29)34)27(24-17-35-31(30(24)25)32(36)38)9-6-14-41-22-7-4-3-5-8-22/h3-5,7-8,10-13,15-18,27,35H,6,9,14,19H2,1-2H3/t27-/m1/s1. The molecule has 0 fully saturated rings. The highest BCUT2D eigenvalue weighted by molar-refractivity contribution is 7.89. The van der Waals surface area contributed by atoms with Gasteiger partial charge in [-0.05, 0) is 54.8 Å². The largest absolute Gasteiger partial charge is 0.494 e. The first-order valence-electron chi connectivity index (χ1n) is 13.5. The third kappa shape index (κ3) is 5.18. The molecule has 6 rings (SSSR count). The van der Waals surface area contributed by atoms with Crippen molar-refractivity contribution in [3.8, 4) is 16.9 Å². The van der Waals surface area contributed by atoms with Crippen molar-refractivity contribution in [2.24, 2.45) is 7.05 Å². The van der Waals surface area contributed by atoms with Crippen molar-refractivity contribution in [3.63, 3.8) is 0 Å². The van der Waals surface area contributed by atoms with Crippen LogP contribution in [-0.4, -0.2) is 30.8 Å². The average molecular weight is 590 g/mol.